The summed E-state index contributed by atoms with van der Waals surface area (Å²) in [5, 5.41) is 4.41. The minimum Gasteiger partial charge on any atom is -0.379 e. The first-order valence-electron chi connectivity index (χ1n) is 6.90. The number of hydrogen-bond donors (Lipinski definition) is 1. The fourth-order valence-corrected chi connectivity index (χ4v) is 3.65. The zero-order chi connectivity index (χ0) is 12.4. The van der Waals surface area contributed by atoms with Crippen LogP contribution in [0.1, 0.15) is 31.2 Å². The maximum Gasteiger partial charge on any atom is 0.0663 e. The highest BCUT2D eigenvalue weighted by Crippen LogP contribution is 2.38. The monoisotopic (exact) mass is 266 g/mol. The Kier molecular flexibility index (Phi) is 3.71. The van der Waals surface area contributed by atoms with E-state index in [4.69, 9.17) is 10.5 Å². The molecule has 0 spiro atoms. The molecule has 0 bridgehead atoms. The third-order valence-corrected chi connectivity index (χ3v) is 4.94. The Morgan fingerprint density at radius 3 is 2.94 bits per heavy atom. The molecule has 2 N–H and O–H groups in total. The summed E-state index contributed by atoms with van der Waals surface area (Å²) in [5.74, 6) is 0. The first-order chi connectivity index (χ1) is 8.84. The molecule has 2 aliphatic rings. The predicted molar refractivity (Wildman–Crippen MR) is 74.7 cm³/mol. The van der Waals surface area contributed by atoms with Crippen molar-refractivity contribution in [1.82, 2.24) is 4.90 Å². The maximum atomic E-state index is 6.11. The molecule has 1 atom stereocenters. The predicted octanol–water partition coefficient (Wildman–Crippen LogP) is 2.22. The van der Waals surface area contributed by atoms with E-state index in [0.717, 1.165) is 32.2 Å². The van der Waals surface area contributed by atoms with Gasteiger partial charge in [0.2, 0.25) is 0 Å². The third kappa shape index (κ3) is 2.48. The molecule has 0 radical (unpaired) electrons. The number of nitrogens with two attached hydrogens (primary N) is 1. The molecule has 1 unspecified atom stereocenters. The summed E-state index contributed by atoms with van der Waals surface area (Å²) in [4.78, 5) is 2.63. The molecule has 2 fully saturated rings. The molecule has 1 saturated carbocycles. The molecule has 1 aromatic rings. The number of ether oxygens (including phenoxy) is 1. The zero-order valence-corrected chi connectivity index (χ0v) is 11.6. The van der Waals surface area contributed by atoms with E-state index in [1.54, 1.807) is 11.3 Å². The summed E-state index contributed by atoms with van der Waals surface area (Å²) < 4.78 is 5.74. The lowest BCUT2D eigenvalue weighted by Gasteiger charge is -2.46. The summed E-state index contributed by atoms with van der Waals surface area (Å²) in [5.41, 5.74) is 7.62. The van der Waals surface area contributed by atoms with Crippen molar-refractivity contribution in [2.45, 2.75) is 43.8 Å². The summed E-state index contributed by atoms with van der Waals surface area (Å²) in [6.45, 7) is 3.46. The minimum absolute atomic E-state index is 0.0847. The fourth-order valence-electron chi connectivity index (χ4n) is 2.99. The van der Waals surface area contributed by atoms with E-state index in [0.29, 0.717) is 6.54 Å². The van der Waals surface area contributed by atoms with E-state index in [1.807, 2.05) is 0 Å². The molecule has 4 heteroatoms. The van der Waals surface area contributed by atoms with Crippen LogP contribution in [0.15, 0.2) is 16.8 Å². The Morgan fingerprint density at radius 2 is 2.39 bits per heavy atom. The van der Waals surface area contributed by atoms with Gasteiger partial charge in [-0.2, -0.15) is 11.3 Å². The molecule has 3 rings (SSSR count). The van der Waals surface area contributed by atoms with E-state index in [-0.39, 0.29) is 5.54 Å². The van der Waals surface area contributed by atoms with Crippen LogP contribution < -0.4 is 5.73 Å². The Labute approximate surface area is 113 Å². The SMILES string of the molecule is NCC1(N(Cc2ccsc2)C2CC2)CCCOC1. The van der Waals surface area contributed by atoms with Gasteiger partial charge in [-0.05, 0) is 48.1 Å². The lowest BCUT2D eigenvalue weighted by Crippen LogP contribution is -2.59. The van der Waals surface area contributed by atoms with Gasteiger partial charge in [0.1, 0.15) is 0 Å². The van der Waals surface area contributed by atoms with Crippen LogP contribution >= 0.6 is 11.3 Å². The first-order valence-corrected chi connectivity index (χ1v) is 7.84. The van der Waals surface area contributed by atoms with Gasteiger partial charge in [0.05, 0.1) is 12.1 Å². The second kappa shape index (κ2) is 5.29. The van der Waals surface area contributed by atoms with Gasteiger partial charge in [0.15, 0.2) is 0 Å². The maximum absolute atomic E-state index is 6.11. The molecular formula is C14H22N2OS. The summed E-state index contributed by atoms with van der Waals surface area (Å²) in [6.07, 6.45) is 4.98. The average molecular weight is 266 g/mol. The van der Waals surface area contributed by atoms with Crippen molar-refractivity contribution in [3.8, 4) is 0 Å². The van der Waals surface area contributed by atoms with Gasteiger partial charge >= 0.3 is 0 Å². The Hall–Kier alpha value is -0.420. The van der Waals surface area contributed by atoms with Crippen LogP contribution in [0.5, 0.6) is 0 Å². The molecule has 1 saturated heterocycles. The molecule has 1 aliphatic carbocycles. The molecule has 0 aromatic carbocycles. The molecule has 2 heterocycles. The van der Waals surface area contributed by atoms with Gasteiger partial charge in [-0.25, -0.2) is 0 Å². The van der Waals surface area contributed by atoms with Crippen molar-refractivity contribution < 1.29 is 4.74 Å². The van der Waals surface area contributed by atoms with Crippen molar-refractivity contribution in [1.29, 1.82) is 0 Å². The van der Waals surface area contributed by atoms with Crippen molar-refractivity contribution in [2.75, 3.05) is 19.8 Å². The third-order valence-electron chi connectivity index (χ3n) is 4.21. The van der Waals surface area contributed by atoms with E-state index < -0.39 is 0 Å². The molecule has 0 amide bonds. The first kappa shape index (κ1) is 12.6. The van der Waals surface area contributed by atoms with Gasteiger partial charge < -0.3 is 10.5 Å². The van der Waals surface area contributed by atoms with Crippen LogP contribution in [0.4, 0.5) is 0 Å². The van der Waals surface area contributed by atoms with Crippen molar-refractivity contribution >= 4 is 11.3 Å². The zero-order valence-electron chi connectivity index (χ0n) is 10.8. The standard InChI is InChI=1S/C14H22N2OS/c15-10-14(5-1-6-17-11-14)16(13-2-3-13)8-12-4-7-18-9-12/h4,7,9,13H,1-3,5-6,8,10-11,15H2. The van der Waals surface area contributed by atoms with Gasteiger partial charge in [0, 0.05) is 25.7 Å². The van der Waals surface area contributed by atoms with Crippen LogP contribution in [0.2, 0.25) is 0 Å². The molecular weight excluding hydrogens is 244 g/mol. The Balaban J connectivity index is 1.78. The second-order valence-corrected chi connectivity index (χ2v) is 6.36. The summed E-state index contributed by atoms with van der Waals surface area (Å²) in [6, 6.07) is 2.96. The molecule has 100 valence electrons. The van der Waals surface area contributed by atoms with Crippen LogP contribution in [0, 0.1) is 0 Å². The minimum atomic E-state index is 0.0847. The molecule has 18 heavy (non-hydrogen) atoms. The van der Waals surface area contributed by atoms with Crippen molar-refractivity contribution in [3.63, 3.8) is 0 Å². The van der Waals surface area contributed by atoms with E-state index in [1.165, 1.54) is 24.8 Å². The number of nitrogens with zero attached hydrogens (tertiary/aromatic N) is 1. The highest BCUT2D eigenvalue weighted by molar-refractivity contribution is 7.07. The Bertz CT molecular complexity index is 369. The highest BCUT2D eigenvalue weighted by Gasteiger charge is 2.44. The topological polar surface area (TPSA) is 38.5 Å². The summed E-state index contributed by atoms with van der Waals surface area (Å²) >= 11 is 1.78. The van der Waals surface area contributed by atoms with Crippen LogP contribution in [0.3, 0.4) is 0 Å². The van der Waals surface area contributed by atoms with Crippen molar-refractivity contribution in [3.05, 3.63) is 22.4 Å². The smallest absolute Gasteiger partial charge is 0.0663 e. The quantitative estimate of drug-likeness (QED) is 0.888. The molecule has 3 nitrogen and oxygen atoms in total. The van der Waals surface area contributed by atoms with E-state index >= 15 is 0 Å². The van der Waals surface area contributed by atoms with Crippen LogP contribution in [-0.4, -0.2) is 36.2 Å². The normalized spacial score (nSPS) is 28.8. The van der Waals surface area contributed by atoms with Gasteiger partial charge in [-0.15, -0.1) is 0 Å². The average Bonchev–Trinajstić information content (AvgIpc) is 3.13. The van der Waals surface area contributed by atoms with Crippen LogP contribution in [0.25, 0.3) is 0 Å². The Morgan fingerprint density at radius 1 is 1.50 bits per heavy atom. The lowest BCUT2D eigenvalue weighted by atomic mass is 9.89. The second-order valence-electron chi connectivity index (χ2n) is 5.58. The van der Waals surface area contributed by atoms with Crippen LogP contribution in [-0.2, 0) is 11.3 Å². The molecule has 1 aliphatic heterocycles. The van der Waals surface area contributed by atoms with E-state index in [2.05, 4.69) is 21.7 Å². The fraction of sp³-hybridized carbons (Fsp3) is 0.714. The van der Waals surface area contributed by atoms with Crippen molar-refractivity contribution in [2.24, 2.45) is 5.73 Å². The van der Waals surface area contributed by atoms with E-state index in [9.17, 15) is 0 Å². The largest absolute Gasteiger partial charge is 0.379 e. The van der Waals surface area contributed by atoms with Gasteiger partial charge in [-0.1, -0.05) is 0 Å². The molecule has 1 aromatic heterocycles. The summed E-state index contributed by atoms with van der Waals surface area (Å²) in [7, 11) is 0. The highest BCUT2D eigenvalue weighted by atomic mass is 32.1. The van der Waals surface area contributed by atoms with Gasteiger partial charge in [0.25, 0.3) is 0 Å². The van der Waals surface area contributed by atoms with Gasteiger partial charge in [-0.3, -0.25) is 4.90 Å². The number of thiophene rings is 1. The number of rotatable bonds is 5. The number of hydrogen-bond acceptors (Lipinski definition) is 4. The lowest BCUT2D eigenvalue weighted by molar-refractivity contribution is -0.0530.